The van der Waals surface area contributed by atoms with Crippen LogP contribution in [0.4, 0.5) is 5.69 Å². The van der Waals surface area contributed by atoms with E-state index in [-0.39, 0.29) is 11.4 Å². The fraction of sp³-hybridized carbons (Fsp3) is 0.385. The Morgan fingerprint density at radius 2 is 1.94 bits per heavy atom. The van der Waals surface area contributed by atoms with Crippen molar-refractivity contribution in [1.29, 1.82) is 0 Å². The first-order valence-corrected chi connectivity index (χ1v) is 7.09. The number of nitrogens with two attached hydrogens (primary N) is 1. The second-order valence-electron chi connectivity index (χ2n) is 4.23. The normalized spacial score (nSPS) is 11.2. The summed E-state index contributed by atoms with van der Waals surface area (Å²) in [6.07, 6.45) is 5.46. The summed E-state index contributed by atoms with van der Waals surface area (Å²) < 4.78 is 26.8. The molecular formula is C13H18N2O2S. The van der Waals surface area contributed by atoms with Crippen LogP contribution in [0.3, 0.4) is 0 Å². The summed E-state index contributed by atoms with van der Waals surface area (Å²) in [7, 11) is -3.56. The minimum Gasteiger partial charge on any atom is -0.398 e. The maximum absolute atomic E-state index is 12.2. The molecule has 98 valence electrons. The maximum Gasteiger partial charge on any atom is 0.241 e. The molecule has 0 radical (unpaired) electrons. The van der Waals surface area contributed by atoms with Gasteiger partial charge >= 0.3 is 0 Å². The molecule has 1 aromatic carbocycles. The van der Waals surface area contributed by atoms with Crippen LogP contribution in [-0.4, -0.2) is 15.0 Å². The molecule has 0 aromatic heterocycles. The third-order valence-corrected chi connectivity index (χ3v) is 4.54. The quantitative estimate of drug-likeness (QED) is 0.493. The predicted molar refractivity (Wildman–Crippen MR) is 73.7 cm³/mol. The van der Waals surface area contributed by atoms with Crippen LogP contribution in [0.2, 0.25) is 0 Å². The molecule has 18 heavy (non-hydrogen) atoms. The Kier molecular flexibility index (Phi) is 4.38. The van der Waals surface area contributed by atoms with Gasteiger partial charge in [-0.3, -0.25) is 0 Å². The number of anilines is 1. The van der Waals surface area contributed by atoms with Crippen LogP contribution in [0.15, 0.2) is 11.0 Å². The molecule has 1 aromatic rings. The van der Waals surface area contributed by atoms with Gasteiger partial charge < -0.3 is 5.73 Å². The molecule has 1 rings (SSSR count). The highest BCUT2D eigenvalue weighted by atomic mass is 32.2. The fourth-order valence-electron chi connectivity index (χ4n) is 1.93. The number of sulfonamides is 1. The Morgan fingerprint density at radius 3 is 2.50 bits per heavy atom. The topological polar surface area (TPSA) is 72.2 Å². The lowest BCUT2D eigenvalue weighted by atomic mass is 10.1. The molecule has 0 aliphatic rings. The first kappa shape index (κ1) is 14.6. The van der Waals surface area contributed by atoms with E-state index in [0.29, 0.717) is 23.2 Å². The van der Waals surface area contributed by atoms with Crippen molar-refractivity contribution < 1.29 is 8.42 Å². The van der Waals surface area contributed by atoms with Gasteiger partial charge in [0.15, 0.2) is 0 Å². The Labute approximate surface area is 109 Å². The average Bonchev–Trinajstić information content (AvgIpc) is 2.25. The number of terminal acetylenes is 1. The van der Waals surface area contributed by atoms with Crippen LogP contribution in [-0.2, 0) is 10.0 Å². The largest absolute Gasteiger partial charge is 0.398 e. The van der Waals surface area contributed by atoms with Gasteiger partial charge in [0, 0.05) is 18.7 Å². The van der Waals surface area contributed by atoms with E-state index in [2.05, 4.69) is 10.6 Å². The number of hydrogen-bond acceptors (Lipinski definition) is 3. The van der Waals surface area contributed by atoms with E-state index in [9.17, 15) is 8.42 Å². The van der Waals surface area contributed by atoms with E-state index in [4.69, 9.17) is 12.2 Å². The van der Waals surface area contributed by atoms with Crippen molar-refractivity contribution in [3.8, 4) is 12.3 Å². The van der Waals surface area contributed by atoms with Crippen molar-refractivity contribution in [2.24, 2.45) is 0 Å². The lowest BCUT2D eigenvalue weighted by Crippen LogP contribution is -2.26. The first-order valence-electron chi connectivity index (χ1n) is 5.60. The molecule has 0 aliphatic heterocycles. The second-order valence-corrected chi connectivity index (χ2v) is 5.93. The van der Waals surface area contributed by atoms with Gasteiger partial charge in [0.25, 0.3) is 0 Å². The summed E-state index contributed by atoms with van der Waals surface area (Å²) in [5.74, 6) is 2.39. The molecule has 0 amide bonds. The van der Waals surface area contributed by atoms with E-state index in [0.717, 1.165) is 5.56 Å². The summed E-state index contributed by atoms with van der Waals surface area (Å²) in [6, 6.07) is 1.78. The van der Waals surface area contributed by atoms with Crippen LogP contribution in [0.5, 0.6) is 0 Å². The Bertz CT molecular complexity index is 598. The molecule has 0 atom stereocenters. The van der Waals surface area contributed by atoms with E-state index in [1.54, 1.807) is 19.9 Å². The van der Waals surface area contributed by atoms with Crippen LogP contribution in [0.25, 0.3) is 0 Å². The van der Waals surface area contributed by atoms with Crippen LogP contribution >= 0.6 is 0 Å². The monoisotopic (exact) mass is 266 g/mol. The molecule has 0 unspecified atom stereocenters. The van der Waals surface area contributed by atoms with Gasteiger partial charge in [-0.25, -0.2) is 13.1 Å². The summed E-state index contributed by atoms with van der Waals surface area (Å²) in [5.41, 5.74) is 8.54. The van der Waals surface area contributed by atoms with Gasteiger partial charge in [0.05, 0.1) is 4.90 Å². The zero-order valence-corrected chi connectivity index (χ0v) is 11.7. The van der Waals surface area contributed by atoms with Crippen molar-refractivity contribution in [2.45, 2.75) is 32.1 Å². The zero-order valence-electron chi connectivity index (χ0n) is 10.9. The highest BCUT2D eigenvalue weighted by Gasteiger charge is 2.21. The first-order chi connectivity index (χ1) is 8.31. The van der Waals surface area contributed by atoms with Gasteiger partial charge in [0.1, 0.15) is 0 Å². The van der Waals surface area contributed by atoms with Crippen molar-refractivity contribution in [3.63, 3.8) is 0 Å². The molecule has 0 saturated carbocycles. The van der Waals surface area contributed by atoms with Gasteiger partial charge in [0.2, 0.25) is 10.0 Å². The van der Waals surface area contributed by atoms with E-state index in [1.165, 1.54) is 0 Å². The van der Waals surface area contributed by atoms with Gasteiger partial charge in [-0.05, 0) is 37.5 Å². The molecule has 0 saturated heterocycles. The second kappa shape index (κ2) is 5.42. The van der Waals surface area contributed by atoms with Gasteiger partial charge in [-0.15, -0.1) is 12.3 Å². The molecule has 0 heterocycles. The lowest BCUT2D eigenvalue weighted by Gasteiger charge is -2.15. The number of rotatable bonds is 4. The van der Waals surface area contributed by atoms with E-state index in [1.807, 2.05) is 6.92 Å². The van der Waals surface area contributed by atoms with E-state index < -0.39 is 10.0 Å². The van der Waals surface area contributed by atoms with Crippen LogP contribution in [0.1, 0.15) is 23.1 Å². The Hall–Kier alpha value is -1.51. The summed E-state index contributed by atoms with van der Waals surface area (Å²) >= 11 is 0. The molecule has 0 fully saturated rings. The SMILES string of the molecule is C#CCCNS(=O)(=O)c1c(C)cc(C)c(N)c1C. The minimum absolute atomic E-state index is 0.228. The van der Waals surface area contributed by atoms with Crippen molar-refractivity contribution >= 4 is 15.7 Å². The van der Waals surface area contributed by atoms with Gasteiger partial charge in [-0.1, -0.05) is 6.07 Å². The molecule has 3 N–H and O–H groups in total. The van der Waals surface area contributed by atoms with Crippen LogP contribution < -0.4 is 10.5 Å². The molecule has 0 spiro atoms. The smallest absolute Gasteiger partial charge is 0.241 e. The number of nitrogens with one attached hydrogen (secondary N) is 1. The molecule has 0 bridgehead atoms. The maximum atomic E-state index is 12.2. The molecule has 5 heteroatoms. The standard InChI is InChI=1S/C13H18N2O2S/c1-5-6-7-15-18(16,17)13-10(3)8-9(2)12(14)11(13)4/h1,8,15H,6-7,14H2,2-4H3. The highest BCUT2D eigenvalue weighted by molar-refractivity contribution is 7.89. The van der Waals surface area contributed by atoms with Crippen LogP contribution in [0, 0.1) is 33.1 Å². The average molecular weight is 266 g/mol. The number of nitrogen functional groups attached to an aromatic ring is 1. The van der Waals surface area contributed by atoms with Crippen molar-refractivity contribution in [1.82, 2.24) is 4.72 Å². The summed E-state index contributed by atoms with van der Waals surface area (Å²) in [6.45, 7) is 5.56. The number of hydrogen-bond donors (Lipinski definition) is 2. The number of aryl methyl sites for hydroxylation is 2. The number of benzene rings is 1. The fourth-order valence-corrected chi connectivity index (χ4v) is 3.44. The Balaban J connectivity index is 3.26. The third-order valence-electron chi connectivity index (χ3n) is 2.79. The van der Waals surface area contributed by atoms with Crippen molar-refractivity contribution in [2.75, 3.05) is 12.3 Å². The van der Waals surface area contributed by atoms with Crippen molar-refractivity contribution in [3.05, 3.63) is 22.8 Å². The minimum atomic E-state index is -3.56. The predicted octanol–water partition coefficient (Wildman–Crippen LogP) is 1.50. The molecule has 0 aliphatic carbocycles. The lowest BCUT2D eigenvalue weighted by molar-refractivity contribution is 0.581. The van der Waals surface area contributed by atoms with E-state index >= 15 is 0 Å². The molecular weight excluding hydrogens is 248 g/mol. The summed E-state index contributed by atoms with van der Waals surface area (Å²) in [4.78, 5) is 0.252. The van der Waals surface area contributed by atoms with Gasteiger partial charge in [-0.2, -0.15) is 0 Å². The highest BCUT2D eigenvalue weighted by Crippen LogP contribution is 2.27. The Morgan fingerprint density at radius 1 is 1.33 bits per heavy atom. The zero-order chi connectivity index (χ0) is 13.9. The molecule has 4 nitrogen and oxygen atoms in total. The third kappa shape index (κ3) is 2.84. The summed E-state index contributed by atoms with van der Waals surface area (Å²) in [5, 5.41) is 0.